The fourth-order valence-corrected chi connectivity index (χ4v) is 3.79. The molecule has 29 heavy (non-hydrogen) atoms. The summed E-state index contributed by atoms with van der Waals surface area (Å²) in [5.41, 5.74) is 6.04. The molecule has 0 radical (unpaired) electrons. The van der Waals surface area contributed by atoms with Gasteiger partial charge in [-0.05, 0) is 48.2 Å². The standard InChI is InChI=1S/C25H24N2O2/c1-18-6-5-9-20(14-18)15-24(28)26-22-11-12-23-21(16-22)10-13-25(29)27(23)17-19-7-3-2-4-8-19/h2-9,11-12,14,16H,10,13,15,17H2,1H3,(H,26,28). The number of aryl methyl sites for hydroxylation is 2. The van der Waals surface area contributed by atoms with Crippen molar-refractivity contribution in [2.45, 2.75) is 32.7 Å². The van der Waals surface area contributed by atoms with Gasteiger partial charge in [0.05, 0.1) is 13.0 Å². The molecule has 0 bridgehead atoms. The van der Waals surface area contributed by atoms with E-state index in [0.717, 1.165) is 33.6 Å². The Labute approximate surface area is 171 Å². The van der Waals surface area contributed by atoms with Crippen LogP contribution in [0.1, 0.15) is 28.7 Å². The molecule has 0 aliphatic carbocycles. The first-order valence-corrected chi connectivity index (χ1v) is 9.91. The molecule has 146 valence electrons. The number of rotatable bonds is 5. The Morgan fingerprint density at radius 3 is 2.52 bits per heavy atom. The summed E-state index contributed by atoms with van der Waals surface area (Å²) in [6.07, 6.45) is 1.53. The number of nitrogens with zero attached hydrogens (tertiary/aromatic N) is 1. The summed E-state index contributed by atoms with van der Waals surface area (Å²) < 4.78 is 0. The van der Waals surface area contributed by atoms with Gasteiger partial charge in [0.15, 0.2) is 0 Å². The van der Waals surface area contributed by atoms with Crippen LogP contribution in [-0.4, -0.2) is 11.8 Å². The van der Waals surface area contributed by atoms with Gasteiger partial charge in [-0.3, -0.25) is 9.59 Å². The lowest BCUT2D eigenvalue weighted by Crippen LogP contribution is -2.34. The van der Waals surface area contributed by atoms with E-state index in [-0.39, 0.29) is 11.8 Å². The zero-order valence-electron chi connectivity index (χ0n) is 16.5. The lowest BCUT2D eigenvalue weighted by atomic mass is 9.99. The lowest BCUT2D eigenvalue weighted by Gasteiger charge is -2.30. The van der Waals surface area contributed by atoms with Gasteiger partial charge >= 0.3 is 0 Å². The van der Waals surface area contributed by atoms with E-state index >= 15 is 0 Å². The van der Waals surface area contributed by atoms with E-state index in [1.165, 1.54) is 0 Å². The predicted octanol–water partition coefficient (Wildman–Crippen LogP) is 4.66. The normalized spacial score (nSPS) is 13.1. The molecule has 0 fully saturated rings. The summed E-state index contributed by atoms with van der Waals surface area (Å²) >= 11 is 0. The number of hydrogen-bond donors (Lipinski definition) is 1. The van der Waals surface area contributed by atoms with E-state index < -0.39 is 0 Å². The van der Waals surface area contributed by atoms with Crippen LogP contribution in [-0.2, 0) is 29.0 Å². The summed E-state index contributed by atoms with van der Waals surface area (Å²) in [6, 6.07) is 23.8. The SMILES string of the molecule is Cc1cccc(CC(=O)Nc2ccc3c(c2)CCC(=O)N3Cc2ccccc2)c1. The maximum atomic E-state index is 12.5. The van der Waals surface area contributed by atoms with Gasteiger partial charge in [-0.2, -0.15) is 0 Å². The highest BCUT2D eigenvalue weighted by Gasteiger charge is 2.24. The number of carbonyl (C=O) groups is 2. The van der Waals surface area contributed by atoms with Crippen LogP contribution in [0, 0.1) is 6.92 Å². The minimum atomic E-state index is -0.0384. The van der Waals surface area contributed by atoms with Gasteiger partial charge in [-0.15, -0.1) is 0 Å². The number of benzene rings is 3. The molecule has 2 amide bonds. The summed E-state index contributed by atoms with van der Waals surface area (Å²) in [5, 5.41) is 2.99. The van der Waals surface area contributed by atoms with Gasteiger partial charge in [0.25, 0.3) is 0 Å². The summed E-state index contributed by atoms with van der Waals surface area (Å²) in [7, 11) is 0. The van der Waals surface area contributed by atoms with Gasteiger partial charge in [-0.25, -0.2) is 0 Å². The average molecular weight is 384 g/mol. The maximum absolute atomic E-state index is 12.5. The van der Waals surface area contributed by atoms with E-state index in [2.05, 4.69) is 5.32 Å². The molecule has 0 unspecified atom stereocenters. The van der Waals surface area contributed by atoms with Crippen molar-refractivity contribution in [3.05, 3.63) is 95.1 Å². The van der Waals surface area contributed by atoms with Gasteiger partial charge in [0.2, 0.25) is 11.8 Å². The number of anilines is 2. The Morgan fingerprint density at radius 2 is 1.72 bits per heavy atom. The Balaban J connectivity index is 1.49. The second-order valence-corrected chi connectivity index (χ2v) is 7.52. The van der Waals surface area contributed by atoms with Gasteiger partial charge in [0, 0.05) is 17.8 Å². The van der Waals surface area contributed by atoms with E-state index in [9.17, 15) is 9.59 Å². The monoisotopic (exact) mass is 384 g/mol. The topological polar surface area (TPSA) is 49.4 Å². The van der Waals surface area contributed by atoms with E-state index in [0.29, 0.717) is 25.8 Å². The fraction of sp³-hybridized carbons (Fsp3) is 0.200. The zero-order chi connectivity index (χ0) is 20.2. The number of carbonyl (C=O) groups excluding carboxylic acids is 2. The first-order chi connectivity index (χ1) is 14.1. The zero-order valence-corrected chi connectivity index (χ0v) is 16.5. The molecule has 4 heteroatoms. The number of nitrogens with one attached hydrogen (secondary N) is 1. The molecule has 1 heterocycles. The van der Waals surface area contributed by atoms with E-state index in [1.807, 2.05) is 84.6 Å². The third-order valence-electron chi connectivity index (χ3n) is 5.19. The van der Waals surface area contributed by atoms with Crippen LogP contribution in [0.15, 0.2) is 72.8 Å². The van der Waals surface area contributed by atoms with Gasteiger partial charge in [0.1, 0.15) is 0 Å². The largest absolute Gasteiger partial charge is 0.326 e. The Hall–Kier alpha value is -3.40. The average Bonchev–Trinajstić information content (AvgIpc) is 2.71. The highest BCUT2D eigenvalue weighted by atomic mass is 16.2. The van der Waals surface area contributed by atoms with Crippen LogP contribution in [0.4, 0.5) is 11.4 Å². The second kappa shape index (κ2) is 8.31. The van der Waals surface area contributed by atoms with Crippen molar-refractivity contribution in [2.75, 3.05) is 10.2 Å². The minimum Gasteiger partial charge on any atom is -0.326 e. The third kappa shape index (κ3) is 4.54. The van der Waals surface area contributed by atoms with Crippen LogP contribution >= 0.6 is 0 Å². The third-order valence-corrected chi connectivity index (χ3v) is 5.19. The summed E-state index contributed by atoms with van der Waals surface area (Å²) in [6.45, 7) is 2.58. The first-order valence-electron chi connectivity index (χ1n) is 9.91. The maximum Gasteiger partial charge on any atom is 0.228 e. The smallest absolute Gasteiger partial charge is 0.228 e. The highest BCUT2D eigenvalue weighted by Crippen LogP contribution is 2.31. The van der Waals surface area contributed by atoms with Crippen LogP contribution in [0.3, 0.4) is 0 Å². The number of hydrogen-bond acceptors (Lipinski definition) is 2. The molecule has 3 aromatic carbocycles. The van der Waals surface area contributed by atoms with Crippen LogP contribution in [0.5, 0.6) is 0 Å². The van der Waals surface area contributed by atoms with Crippen molar-refractivity contribution in [2.24, 2.45) is 0 Å². The van der Waals surface area contributed by atoms with Crippen LogP contribution in [0.25, 0.3) is 0 Å². The van der Waals surface area contributed by atoms with Crippen molar-refractivity contribution in [3.63, 3.8) is 0 Å². The number of amides is 2. The quantitative estimate of drug-likeness (QED) is 0.696. The van der Waals surface area contributed by atoms with E-state index in [1.54, 1.807) is 0 Å². The van der Waals surface area contributed by atoms with Crippen molar-refractivity contribution in [3.8, 4) is 0 Å². The Bertz CT molecular complexity index is 1040. The minimum absolute atomic E-state index is 0.0384. The molecule has 1 aliphatic rings. The predicted molar refractivity (Wildman–Crippen MR) is 116 cm³/mol. The molecule has 0 atom stereocenters. The molecular weight excluding hydrogens is 360 g/mol. The van der Waals surface area contributed by atoms with Crippen molar-refractivity contribution in [1.29, 1.82) is 0 Å². The van der Waals surface area contributed by atoms with Gasteiger partial charge in [-0.1, -0.05) is 60.2 Å². The highest BCUT2D eigenvalue weighted by molar-refractivity contribution is 5.97. The molecule has 4 rings (SSSR count). The summed E-state index contributed by atoms with van der Waals surface area (Å²) in [5.74, 6) is 0.0983. The molecule has 0 saturated carbocycles. The van der Waals surface area contributed by atoms with Gasteiger partial charge < -0.3 is 10.2 Å². The molecule has 1 aliphatic heterocycles. The fourth-order valence-electron chi connectivity index (χ4n) is 3.79. The molecule has 0 spiro atoms. The van der Waals surface area contributed by atoms with Crippen LogP contribution in [0.2, 0.25) is 0 Å². The van der Waals surface area contributed by atoms with Crippen molar-refractivity contribution >= 4 is 23.2 Å². The Morgan fingerprint density at radius 1 is 0.931 bits per heavy atom. The molecule has 0 aromatic heterocycles. The summed E-state index contributed by atoms with van der Waals surface area (Å²) in [4.78, 5) is 26.8. The molecule has 0 saturated heterocycles. The second-order valence-electron chi connectivity index (χ2n) is 7.52. The number of fused-ring (bicyclic) bond motifs is 1. The van der Waals surface area contributed by atoms with Crippen molar-refractivity contribution in [1.82, 2.24) is 0 Å². The Kier molecular flexibility index (Phi) is 5.43. The lowest BCUT2D eigenvalue weighted by molar-refractivity contribution is -0.119. The first kappa shape index (κ1) is 18.9. The molecule has 1 N–H and O–H groups in total. The molecule has 3 aromatic rings. The molecular formula is C25H24N2O2. The van der Waals surface area contributed by atoms with Crippen LogP contribution < -0.4 is 10.2 Å². The molecule has 4 nitrogen and oxygen atoms in total. The van der Waals surface area contributed by atoms with Crippen molar-refractivity contribution < 1.29 is 9.59 Å². The van der Waals surface area contributed by atoms with E-state index in [4.69, 9.17) is 0 Å².